The highest BCUT2D eigenvalue weighted by Crippen LogP contribution is 2.34. The first-order chi connectivity index (χ1) is 10.1. The van der Waals surface area contributed by atoms with Crippen molar-refractivity contribution in [3.63, 3.8) is 0 Å². The molecule has 0 aliphatic carbocycles. The Kier molecular flexibility index (Phi) is 5.67. The van der Waals surface area contributed by atoms with Gasteiger partial charge in [0.2, 0.25) is 0 Å². The summed E-state index contributed by atoms with van der Waals surface area (Å²) in [6.45, 7) is 0. The van der Waals surface area contributed by atoms with Crippen LogP contribution in [-0.4, -0.2) is 21.3 Å². The van der Waals surface area contributed by atoms with E-state index >= 15 is 0 Å². The highest BCUT2D eigenvalue weighted by atomic mass is 79.9. The Hall–Kier alpha value is -1.04. The first-order valence-corrected chi connectivity index (χ1v) is 8.02. The Bertz CT molecular complexity index is 609. The van der Waals surface area contributed by atoms with Crippen LogP contribution < -0.4 is 14.8 Å². The third kappa shape index (κ3) is 3.78. The van der Waals surface area contributed by atoms with Gasteiger partial charge in [-0.3, -0.25) is 0 Å². The Morgan fingerprint density at radius 3 is 2.10 bits per heavy atom. The van der Waals surface area contributed by atoms with E-state index in [1.807, 2.05) is 37.4 Å². The van der Waals surface area contributed by atoms with Crippen molar-refractivity contribution in [2.45, 2.75) is 6.04 Å². The standard InChI is InChI=1S/C16H17Br2NO2/c1-19-16(14-8-11(17)4-5-15(14)18)10-6-12(20-2)9-13(7-10)21-3/h4-9,16,19H,1-3H3. The maximum Gasteiger partial charge on any atom is 0.122 e. The predicted octanol–water partition coefficient (Wildman–Crippen LogP) is 4.54. The predicted molar refractivity (Wildman–Crippen MR) is 92.3 cm³/mol. The van der Waals surface area contributed by atoms with Crippen LogP contribution in [0.25, 0.3) is 0 Å². The van der Waals surface area contributed by atoms with E-state index in [0.717, 1.165) is 31.6 Å². The Morgan fingerprint density at radius 1 is 0.952 bits per heavy atom. The molecule has 112 valence electrons. The SMILES string of the molecule is CNC(c1cc(OC)cc(OC)c1)c1cc(Br)ccc1Br. The van der Waals surface area contributed by atoms with E-state index in [1.54, 1.807) is 14.2 Å². The zero-order chi connectivity index (χ0) is 15.4. The maximum absolute atomic E-state index is 5.35. The number of rotatable bonds is 5. The van der Waals surface area contributed by atoms with Gasteiger partial charge in [-0.15, -0.1) is 0 Å². The molecule has 0 saturated carbocycles. The average molecular weight is 415 g/mol. The number of hydrogen-bond acceptors (Lipinski definition) is 3. The molecule has 0 amide bonds. The highest BCUT2D eigenvalue weighted by molar-refractivity contribution is 9.11. The lowest BCUT2D eigenvalue weighted by molar-refractivity contribution is 0.392. The van der Waals surface area contributed by atoms with Gasteiger partial charge in [0, 0.05) is 15.0 Å². The number of hydrogen-bond donors (Lipinski definition) is 1. The van der Waals surface area contributed by atoms with Crippen molar-refractivity contribution >= 4 is 31.9 Å². The lowest BCUT2D eigenvalue weighted by atomic mass is 9.98. The Labute approximate surface area is 141 Å². The molecule has 0 fully saturated rings. The molecule has 0 bridgehead atoms. The van der Waals surface area contributed by atoms with E-state index in [1.165, 1.54) is 0 Å². The molecule has 1 N–H and O–H groups in total. The van der Waals surface area contributed by atoms with Gasteiger partial charge in [0.1, 0.15) is 11.5 Å². The summed E-state index contributed by atoms with van der Waals surface area (Å²) < 4.78 is 12.8. The Balaban J connectivity index is 2.52. The van der Waals surface area contributed by atoms with Crippen LogP contribution in [0, 0.1) is 0 Å². The van der Waals surface area contributed by atoms with E-state index in [9.17, 15) is 0 Å². The fourth-order valence-electron chi connectivity index (χ4n) is 2.23. The highest BCUT2D eigenvalue weighted by Gasteiger charge is 2.17. The molecule has 0 aromatic heterocycles. The lowest BCUT2D eigenvalue weighted by Gasteiger charge is -2.20. The number of nitrogens with one attached hydrogen (secondary N) is 1. The second-order valence-corrected chi connectivity index (χ2v) is 6.30. The monoisotopic (exact) mass is 413 g/mol. The van der Waals surface area contributed by atoms with Crippen LogP contribution in [0.1, 0.15) is 17.2 Å². The van der Waals surface area contributed by atoms with E-state index in [-0.39, 0.29) is 6.04 Å². The number of ether oxygens (including phenoxy) is 2. The normalized spacial score (nSPS) is 12.0. The second-order valence-electron chi connectivity index (χ2n) is 4.53. The van der Waals surface area contributed by atoms with Gasteiger partial charge in [-0.05, 0) is 48.5 Å². The fraction of sp³-hybridized carbons (Fsp3) is 0.250. The summed E-state index contributed by atoms with van der Waals surface area (Å²) in [6.07, 6.45) is 0. The largest absolute Gasteiger partial charge is 0.497 e. The summed E-state index contributed by atoms with van der Waals surface area (Å²) >= 11 is 7.14. The van der Waals surface area contributed by atoms with Crippen molar-refractivity contribution in [1.82, 2.24) is 5.32 Å². The van der Waals surface area contributed by atoms with Crippen molar-refractivity contribution in [2.75, 3.05) is 21.3 Å². The average Bonchev–Trinajstić information content (AvgIpc) is 2.51. The second kappa shape index (κ2) is 7.29. The smallest absolute Gasteiger partial charge is 0.122 e. The summed E-state index contributed by atoms with van der Waals surface area (Å²) in [5.74, 6) is 1.55. The van der Waals surface area contributed by atoms with Gasteiger partial charge in [-0.25, -0.2) is 0 Å². The van der Waals surface area contributed by atoms with Gasteiger partial charge in [0.15, 0.2) is 0 Å². The summed E-state index contributed by atoms with van der Waals surface area (Å²) in [5, 5.41) is 3.34. The topological polar surface area (TPSA) is 30.5 Å². The molecule has 2 aromatic rings. The lowest BCUT2D eigenvalue weighted by Crippen LogP contribution is -2.18. The quantitative estimate of drug-likeness (QED) is 0.779. The van der Waals surface area contributed by atoms with Crippen molar-refractivity contribution in [3.05, 3.63) is 56.5 Å². The summed E-state index contributed by atoms with van der Waals surface area (Å²) in [4.78, 5) is 0. The van der Waals surface area contributed by atoms with Crippen LogP contribution in [0.5, 0.6) is 11.5 Å². The molecule has 0 saturated heterocycles. The molecule has 2 rings (SSSR count). The molecular weight excluding hydrogens is 398 g/mol. The van der Waals surface area contributed by atoms with Gasteiger partial charge >= 0.3 is 0 Å². The van der Waals surface area contributed by atoms with Gasteiger partial charge in [0.25, 0.3) is 0 Å². The molecule has 2 aromatic carbocycles. The third-order valence-electron chi connectivity index (χ3n) is 3.26. The van der Waals surface area contributed by atoms with E-state index in [2.05, 4.69) is 43.2 Å². The first-order valence-electron chi connectivity index (χ1n) is 6.44. The summed E-state index contributed by atoms with van der Waals surface area (Å²) in [6, 6.07) is 12.0. The minimum absolute atomic E-state index is 0.0286. The molecular formula is C16H17Br2NO2. The third-order valence-corrected chi connectivity index (χ3v) is 4.48. The first kappa shape index (κ1) is 16.3. The van der Waals surface area contributed by atoms with E-state index in [4.69, 9.17) is 9.47 Å². The maximum atomic E-state index is 5.35. The van der Waals surface area contributed by atoms with Crippen LogP contribution in [0.4, 0.5) is 0 Å². The van der Waals surface area contributed by atoms with Crippen molar-refractivity contribution < 1.29 is 9.47 Å². The minimum atomic E-state index is 0.0286. The number of benzene rings is 2. The van der Waals surface area contributed by atoms with Gasteiger partial charge in [-0.1, -0.05) is 31.9 Å². The molecule has 5 heteroatoms. The van der Waals surface area contributed by atoms with E-state index in [0.29, 0.717) is 0 Å². The molecule has 0 spiro atoms. The molecule has 1 unspecified atom stereocenters. The summed E-state index contributed by atoms with van der Waals surface area (Å²) in [7, 11) is 5.24. The minimum Gasteiger partial charge on any atom is -0.497 e. The molecule has 21 heavy (non-hydrogen) atoms. The van der Waals surface area contributed by atoms with E-state index < -0.39 is 0 Å². The molecule has 1 atom stereocenters. The molecule has 0 radical (unpaired) electrons. The van der Waals surface area contributed by atoms with Gasteiger partial charge in [-0.2, -0.15) is 0 Å². The molecule has 3 nitrogen and oxygen atoms in total. The van der Waals surface area contributed by atoms with Gasteiger partial charge in [0.05, 0.1) is 20.3 Å². The fourth-order valence-corrected chi connectivity index (χ4v) is 3.09. The zero-order valence-corrected chi connectivity index (χ0v) is 15.3. The summed E-state index contributed by atoms with van der Waals surface area (Å²) in [5.41, 5.74) is 2.22. The number of methoxy groups -OCH3 is 2. The molecule has 0 heterocycles. The molecule has 0 aliphatic heterocycles. The van der Waals surface area contributed by atoms with Crippen LogP contribution in [0.3, 0.4) is 0 Å². The Morgan fingerprint density at radius 2 is 1.57 bits per heavy atom. The van der Waals surface area contributed by atoms with Crippen LogP contribution >= 0.6 is 31.9 Å². The van der Waals surface area contributed by atoms with Gasteiger partial charge < -0.3 is 14.8 Å². The zero-order valence-electron chi connectivity index (χ0n) is 12.1. The van der Waals surface area contributed by atoms with Crippen LogP contribution in [0.15, 0.2) is 45.3 Å². The van der Waals surface area contributed by atoms with Crippen molar-refractivity contribution in [3.8, 4) is 11.5 Å². The van der Waals surface area contributed by atoms with Crippen molar-refractivity contribution in [1.29, 1.82) is 0 Å². The molecule has 0 aliphatic rings. The van der Waals surface area contributed by atoms with Crippen LogP contribution in [-0.2, 0) is 0 Å². The number of halogens is 2. The van der Waals surface area contributed by atoms with Crippen LogP contribution in [0.2, 0.25) is 0 Å². The van der Waals surface area contributed by atoms with Crippen molar-refractivity contribution in [2.24, 2.45) is 0 Å².